The monoisotopic (exact) mass is 424 g/mol. The molecule has 1 aliphatic carbocycles. The fraction of sp³-hybridized carbons (Fsp3) is 0.435. The van der Waals surface area contributed by atoms with Crippen molar-refractivity contribution in [3.8, 4) is 0 Å². The van der Waals surface area contributed by atoms with Crippen LogP contribution < -0.4 is 15.8 Å². The second-order valence-electron chi connectivity index (χ2n) is 8.20. The van der Waals surface area contributed by atoms with E-state index in [0.717, 1.165) is 29.8 Å². The zero-order chi connectivity index (χ0) is 21.4. The summed E-state index contributed by atoms with van der Waals surface area (Å²) in [6.45, 7) is 4.23. The van der Waals surface area contributed by atoms with Crippen molar-refractivity contribution in [2.45, 2.75) is 49.4 Å². The molecule has 0 spiro atoms. The molecule has 0 bridgehead atoms. The number of H-pyrrole nitrogens is 1. The lowest BCUT2D eigenvalue weighted by Crippen LogP contribution is -2.38. The maximum absolute atomic E-state index is 13.2. The summed E-state index contributed by atoms with van der Waals surface area (Å²) < 4.78 is 0. The van der Waals surface area contributed by atoms with Gasteiger partial charge in [-0.15, -0.1) is 0 Å². The van der Waals surface area contributed by atoms with Crippen LogP contribution in [0.2, 0.25) is 0 Å². The van der Waals surface area contributed by atoms with E-state index < -0.39 is 0 Å². The molecule has 0 amide bonds. The van der Waals surface area contributed by atoms with E-state index in [4.69, 9.17) is 4.98 Å². The smallest absolute Gasteiger partial charge is 0.257 e. The molecule has 0 unspecified atom stereocenters. The second-order valence-corrected chi connectivity index (χ2v) is 9.63. The van der Waals surface area contributed by atoms with Crippen molar-refractivity contribution >= 4 is 29.1 Å². The Kier molecular flexibility index (Phi) is 5.73. The molecule has 2 aliphatic rings. The highest BCUT2D eigenvalue weighted by Gasteiger charge is 2.42. The molecule has 2 aromatic rings. The van der Waals surface area contributed by atoms with Crippen molar-refractivity contribution in [1.82, 2.24) is 9.97 Å². The number of allylic oxidation sites excluding steroid dienone is 2. The summed E-state index contributed by atoms with van der Waals surface area (Å²) in [5.41, 5.74) is 3.30. The molecule has 2 N–H and O–H groups in total. The predicted octanol–water partition coefficient (Wildman–Crippen LogP) is 4.15. The SMILES string of the molecule is CC[C@H](C)Sc1nc2c(c(=O)[nH]1)[C@H](c1ccc(N(C)C)cc1)[C@H]1C(=O)CCC=C1N2. The van der Waals surface area contributed by atoms with E-state index in [1.165, 1.54) is 0 Å². The molecule has 2 heterocycles. The maximum atomic E-state index is 13.2. The zero-order valence-electron chi connectivity index (χ0n) is 17.9. The fourth-order valence-electron chi connectivity index (χ4n) is 4.14. The van der Waals surface area contributed by atoms with Crippen molar-refractivity contribution < 1.29 is 4.79 Å². The molecule has 0 saturated heterocycles. The molecule has 7 heteroatoms. The van der Waals surface area contributed by atoms with E-state index in [-0.39, 0.29) is 23.2 Å². The molecule has 1 aromatic carbocycles. The van der Waals surface area contributed by atoms with Crippen LogP contribution in [0.3, 0.4) is 0 Å². The molecule has 158 valence electrons. The number of carbonyl (C=O) groups is 1. The highest BCUT2D eigenvalue weighted by Crippen LogP contribution is 2.45. The van der Waals surface area contributed by atoms with Crippen LogP contribution in [0.5, 0.6) is 0 Å². The number of nitrogens with zero attached hydrogens (tertiary/aromatic N) is 2. The van der Waals surface area contributed by atoms with Gasteiger partial charge in [0.05, 0.1) is 11.5 Å². The first-order valence-corrected chi connectivity index (χ1v) is 11.3. The standard InChI is InChI=1S/C23H28N4O2S/c1-5-13(2)30-23-25-21-20(22(29)26-23)18(14-9-11-15(12-10-14)27(3)4)19-16(24-21)7-6-8-17(19)28/h7,9-13,18-19H,5-6,8H2,1-4H3,(H2,24,25,26,29)/t13-,18+,19+/m0/s1. The average Bonchev–Trinajstić information content (AvgIpc) is 2.72. The number of benzene rings is 1. The Hall–Kier alpha value is -2.54. The third-order valence-electron chi connectivity index (χ3n) is 5.93. The number of aromatic amines is 1. The van der Waals surface area contributed by atoms with Crippen LogP contribution in [-0.2, 0) is 4.79 Å². The van der Waals surface area contributed by atoms with Gasteiger partial charge < -0.3 is 15.2 Å². The van der Waals surface area contributed by atoms with Crippen LogP contribution in [0.1, 0.15) is 50.2 Å². The quantitative estimate of drug-likeness (QED) is 0.555. The van der Waals surface area contributed by atoms with Gasteiger partial charge in [0.25, 0.3) is 5.56 Å². The number of fused-ring (bicyclic) bond motifs is 2. The first kappa shape index (κ1) is 20.7. The lowest BCUT2D eigenvalue weighted by Gasteiger charge is -2.36. The number of anilines is 2. The van der Waals surface area contributed by atoms with Gasteiger partial charge in [0, 0.05) is 43.1 Å². The molecule has 1 aromatic heterocycles. The van der Waals surface area contributed by atoms with E-state index in [0.29, 0.717) is 28.2 Å². The Morgan fingerprint density at radius 3 is 2.60 bits per heavy atom. The van der Waals surface area contributed by atoms with Gasteiger partial charge in [-0.2, -0.15) is 0 Å². The van der Waals surface area contributed by atoms with Gasteiger partial charge in [-0.25, -0.2) is 4.98 Å². The second kappa shape index (κ2) is 8.30. The zero-order valence-corrected chi connectivity index (χ0v) is 18.7. The Morgan fingerprint density at radius 1 is 1.20 bits per heavy atom. The number of Topliss-reactive ketones (excluding diaryl/α,β-unsaturated/α-hetero) is 1. The maximum Gasteiger partial charge on any atom is 0.257 e. The van der Waals surface area contributed by atoms with Crippen molar-refractivity contribution in [3.05, 3.63) is 57.5 Å². The van der Waals surface area contributed by atoms with Crippen molar-refractivity contribution in [2.75, 3.05) is 24.3 Å². The summed E-state index contributed by atoms with van der Waals surface area (Å²) in [6.07, 6.45) is 4.30. The number of rotatable bonds is 5. The van der Waals surface area contributed by atoms with Crippen LogP contribution in [-0.4, -0.2) is 35.1 Å². The van der Waals surface area contributed by atoms with Crippen LogP contribution in [0.25, 0.3) is 0 Å². The summed E-state index contributed by atoms with van der Waals surface area (Å²) >= 11 is 1.56. The largest absolute Gasteiger partial charge is 0.378 e. The number of hydrogen-bond acceptors (Lipinski definition) is 6. The molecule has 1 aliphatic heterocycles. The van der Waals surface area contributed by atoms with Gasteiger partial charge in [-0.05, 0) is 30.5 Å². The van der Waals surface area contributed by atoms with Crippen molar-refractivity contribution in [2.24, 2.45) is 5.92 Å². The van der Waals surface area contributed by atoms with E-state index in [2.05, 4.69) is 30.2 Å². The van der Waals surface area contributed by atoms with Crippen LogP contribution in [0.15, 0.2) is 46.0 Å². The predicted molar refractivity (Wildman–Crippen MR) is 123 cm³/mol. The highest BCUT2D eigenvalue weighted by molar-refractivity contribution is 7.99. The fourth-order valence-corrected chi connectivity index (χ4v) is 4.98. The summed E-state index contributed by atoms with van der Waals surface area (Å²) in [4.78, 5) is 35.9. The number of ketones is 1. The van der Waals surface area contributed by atoms with Crippen LogP contribution in [0, 0.1) is 5.92 Å². The van der Waals surface area contributed by atoms with E-state index in [1.54, 1.807) is 11.8 Å². The van der Waals surface area contributed by atoms with E-state index in [1.807, 2.05) is 43.3 Å². The summed E-state index contributed by atoms with van der Waals surface area (Å²) in [7, 11) is 3.98. The Morgan fingerprint density at radius 2 is 1.93 bits per heavy atom. The molecular weight excluding hydrogens is 396 g/mol. The Balaban J connectivity index is 1.85. The normalized spacial score (nSPS) is 21.2. The lowest BCUT2D eigenvalue weighted by atomic mass is 9.72. The van der Waals surface area contributed by atoms with Gasteiger partial charge in [-0.3, -0.25) is 9.59 Å². The minimum Gasteiger partial charge on any atom is -0.378 e. The van der Waals surface area contributed by atoms with Gasteiger partial charge >= 0.3 is 0 Å². The van der Waals surface area contributed by atoms with E-state index >= 15 is 0 Å². The number of thioether (sulfide) groups is 1. The first-order valence-electron chi connectivity index (χ1n) is 10.5. The van der Waals surface area contributed by atoms with Gasteiger partial charge in [0.1, 0.15) is 11.6 Å². The highest BCUT2D eigenvalue weighted by atomic mass is 32.2. The molecule has 3 atom stereocenters. The average molecular weight is 425 g/mol. The molecule has 0 fully saturated rings. The molecule has 6 nitrogen and oxygen atoms in total. The minimum absolute atomic E-state index is 0.169. The van der Waals surface area contributed by atoms with Crippen molar-refractivity contribution in [3.63, 3.8) is 0 Å². The van der Waals surface area contributed by atoms with Gasteiger partial charge in [0.15, 0.2) is 5.16 Å². The molecule has 30 heavy (non-hydrogen) atoms. The number of carbonyl (C=O) groups excluding carboxylic acids is 1. The third-order valence-corrected chi connectivity index (χ3v) is 7.09. The molecule has 0 saturated carbocycles. The number of nitrogens with one attached hydrogen (secondary N) is 2. The van der Waals surface area contributed by atoms with Crippen molar-refractivity contribution in [1.29, 1.82) is 0 Å². The van der Waals surface area contributed by atoms with Crippen LogP contribution >= 0.6 is 11.8 Å². The molecular formula is C23H28N4O2S. The minimum atomic E-state index is -0.368. The van der Waals surface area contributed by atoms with E-state index in [9.17, 15) is 9.59 Å². The first-order chi connectivity index (χ1) is 14.4. The summed E-state index contributed by atoms with van der Waals surface area (Å²) in [6, 6.07) is 8.11. The van der Waals surface area contributed by atoms with Crippen LogP contribution in [0.4, 0.5) is 11.5 Å². The van der Waals surface area contributed by atoms with Gasteiger partial charge in [-0.1, -0.05) is 43.8 Å². The number of hydrogen-bond donors (Lipinski definition) is 2. The molecule has 4 rings (SSSR count). The van der Waals surface area contributed by atoms with Gasteiger partial charge in [0.2, 0.25) is 0 Å². The Bertz CT molecular complexity index is 1040. The lowest BCUT2D eigenvalue weighted by molar-refractivity contribution is -0.122. The Labute approximate surface area is 181 Å². The number of aromatic nitrogens is 2. The molecule has 0 radical (unpaired) electrons. The third kappa shape index (κ3) is 3.78. The summed E-state index contributed by atoms with van der Waals surface area (Å²) in [5.74, 6) is 0.0380. The summed E-state index contributed by atoms with van der Waals surface area (Å²) in [5, 5.41) is 4.29. The topological polar surface area (TPSA) is 78.1 Å².